The van der Waals surface area contributed by atoms with Crippen molar-refractivity contribution in [1.29, 1.82) is 0 Å². The Balaban J connectivity index is 2.63. The molecule has 1 aliphatic heterocycles. The lowest BCUT2D eigenvalue weighted by atomic mass is 10.1. The molecule has 2 N–H and O–H groups in total. The standard InChI is InChI=1S/C5H8N2O3/c1-3-2-7(10)5(9)6-4(3)8/h3,10H,2H2,1H3,(H,6,8,9). The Bertz CT molecular complexity index is 162. The smallest absolute Gasteiger partial charge is 0.284 e. The van der Waals surface area contributed by atoms with E-state index in [1.165, 1.54) is 0 Å². The zero-order valence-electron chi connectivity index (χ0n) is 5.50. The summed E-state index contributed by atoms with van der Waals surface area (Å²) in [4.78, 5) is 21.2. The first kappa shape index (κ1) is 7.01. The SMILES string of the molecule is CC1CN(O)C(=O)NC1=O. The molecule has 0 radical (unpaired) electrons. The number of hydrogen-bond acceptors (Lipinski definition) is 3. The summed E-state index contributed by atoms with van der Waals surface area (Å²) >= 11 is 0. The van der Waals surface area contributed by atoms with Crippen LogP contribution in [0.5, 0.6) is 0 Å². The summed E-state index contributed by atoms with van der Waals surface area (Å²) in [6, 6.07) is -0.747. The Morgan fingerprint density at radius 1 is 1.70 bits per heavy atom. The van der Waals surface area contributed by atoms with Crippen LogP contribution in [0.3, 0.4) is 0 Å². The van der Waals surface area contributed by atoms with Crippen LogP contribution in [0.2, 0.25) is 0 Å². The lowest BCUT2D eigenvalue weighted by Gasteiger charge is -2.24. The third kappa shape index (κ3) is 1.08. The van der Waals surface area contributed by atoms with E-state index < -0.39 is 6.03 Å². The van der Waals surface area contributed by atoms with Gasteiger partial charge in [0, 0.05) is 0 Å². The van der Waals surface area contributed by atoms with Crippen molar-refractivity contribution in [3.05, 3.63) is 0 Å². The van der Waals surface area contributed by atoms with Crippen molar-refractivity contribution >= 4 is 11.9 Å². The fourth-order valence-electron chi connectivity index (χ4n) is 0.718. The van der Waals surface area contributed by atoms with Crippen LogP contribution < -0.4 is 5.32 Å². The molecule has 0 aromatic rings. The van der Waals surface area contributed by atoms with Crippen molar-refractivity contribution in [3.8, 4) is 0 Å². The number of hydroxylamine groups is 2. The van der Waals surface area contributed by atoms with Gasteiger partial charge in [0.25, 0.3) is 0 Å². The number of carbonyl (C=O) groups is 2. The summed E-state index contributed by atoms with van der Waals surface area (Å²) in [7, 11) is 0. The van der Waals surface area contributed by atoms with Crippen molar-refractivity contribution in [3.63, 3.8) is 0 Å². The molecule has 3 amide bonds. The van der Waals surface area contributed by atoms with Crippen LogP contribution >= 0.6 is 0 Å². The van der Waals surface area contributed by atoms with Gasteiger partial charge in [-0.1, -0.05) is 6.92 Å². The highest BCUT2D eigenvalue weighted by Gasteiger charge is 2.27. The minimum absolute atomic E-state index is 0.0741. The molecule has 1 fully saturated rings. The summed E-state index contributed by atoms with van der Waals surface area (Å²) in [5.74, 6) is -0.669. The number of imide groups is 1. The first-order valence-corrected chi connectivity index (χ1v) is 2.92. The summed E-state index contributed by atoms with van der Waals surface area (Å²) < 4.78 is 0. The number of urea groups is 1. The first-order chi connectivity index (χ1) is 4.61. The maximum Gasteiger partial charge on any atom is 0.347 e. The van der Waals surface area contributed by atoms with Crippen LogP contribution in [0, 0.1) is 5.92 Å². The maximum absolute atomic E-state index is 10.7. The molecular formula is C5H8N2O3. The van der Waals surface area contributed by atoms with Gasteiger partial charge in [0.05, 0.1) is 12.5 Å². The Morgan fingerprint density at radius 3 is 2.80 bits per heavy atom. The molecular weight excluding hydrogens is 136 g/mol. The predicted molar refractivity (Wildman–Crippen MR) is 31.2 cm³/mol. The molecule has 10 heavy (non-hydrogen) atoms. The van der Waals surface area contributed by atoms with E-state index >= 15 is 0 Å². The van der Waals surface area contributed by atoms with E-state index in [4.69, 9.17) is 5.21 Å². The second-order valence-corrected chi connectivity index (χ2v) is 2.28. The van der Waals surface area contributed by atoms with E-state index in [0.29, 0.717) is 5.06 Å². The van der Waals surface area contributed by atoms with Crippen molar-refractivity contribution in [2.45, 2.75) is 6.92 Å². The van der Waals surface area contributed by atoms with Gasteiger partial charge in [-0.15, -0.1) is 0 Å². The fourth-order valence-corrected chi connectivity index (χ4v) is 0.718. The summed E-state index contributed by atoms with van der Waals surface area (Å²) in [5, 5.41) is 11.2. The van der Waals surface area contributed by atoms with Crippen molar-refractivity contribution < 1.29 is 14.8 Å². The lowest BCUT2D eigenvalue weighted by molar-refractivity contribution is -0.133. The maximum atomic E-state index is 10.7. The van der Waals surface area contributed by atoms with Crippen LogP contribution in [0.4, 0.5) is 4.79 Å². The van der Waals surface area contributed by atoms with Gasteiger partial charge in [0.15, 0.2) is 0 Å². The van der Waals surface area contributed by atoms with Crippen molar-refractivity contribution in [2.24, 2.45) is 5.92 Å². The third-order valence-corrected chi connectivity index (χ3v) is 1.36. The van der Waals surface area contributed by atoms with Crippen LogP contribution in [0.25, 0.3) is 0 Å². The highest BCUT2D eigenvalue weighted by Crippen LogP contribution is 2.03. The van der Waals surface area contributed by atoms with Gasteiger partial charge in [-0.2, -0.15) is 0 Å². The molecule has 5 nitrogen and oxygen atoms in total. The molecule has 1 atom stereocenters. The molecule has 0 bridgehead atoms. The van der Waals surface area contributed by atoms with Gasteiger partial charge in [-0.25, -0.2) is 9.86 Å². The average Bonchev–Trinajstić information content (AvgIpc) is 1.84. The van der Waals surface area contributed by atoms with E-state index in [9.17, 15) is 9.59 Å². The summed E-state index contributed by atoms with van der Waals surface area (Å²) in [5.41, 5.74) is 0. The van der Waals surface area contributed by atoms with E-state index in [1.807, 2.05) is 5.32 Å². The van der Waals surface area contributed by atoms with Gasteiger partial charge in [0.1, 0.15) is 0 Å². The highest BCUT2D eigenvalue weighted by molar-refractivity contribution is 5.97. The van der Waals surface area contributed by atoms with Gasteiger partial charge in [-0.3, -0.25) is 15.3 Å². The number of amides is 3. The molecule has 1 rings (SSSR count). The molecule has 1 saturated heterocycles. The highest BCUT2D eigenvalue weighted by atomic mass is 16.5. The van der Waals surface area contributed by atoms with Crippen LogP contribution in [0.1, 0.15) is 6.92 Å². The predicted octanol–water partition coefficient (Wildman–Crippen LogP) is -0.437. The van der Waals surface area contributed by atoms with E-state index in [0.717, 1.165) is 0 Å². The van der Waals surface area contributed by atoms with Crippen molar-refractivity contribution in [1.82, 2.24) is 10.4 Å². The number of hydrogen-bond donors (Lipinski definition) is 2. The molecule has 0 aromatic carbocycles. The zero-order valence-corrected chi connectivity index (χ0v) is 5.50. The van der Waals surface area contributed by atoms with E-state index in [-0.39, 0.29) is 18.4 Å². The Labute approximate surface area is 57.6 Å². The van der Waals surface area contributed by atoms with Gasteiger partial charge in [-0.05, 0) is 0 Å². The summed E-state index contributed by atoms with van der Waals surface area (Å²) in [6.07, 6.45) is 0. The third-order valence-electron chi connectivity index (χ3n) is 1.36. The Morgan fingerprint density at radius 2 is 2.30 bits per heavy atom. The second kappa shape index (κ2) is 2.26. The molecule has 0 aromatic heterocycles. The van der Waals surface area contributed by atoms with Gasteiger partial charge >= 0.3 is 6.03 Å². The number of nitrogens with one attached hydrogen (secondary N) is 1. The molecule has 5 heteroatoms. The normalized spacial score (nSPS) is 26.6. The van der Waals surface area contributed by atoms with E-state index in [2.05, 4.69) is 0 Å². The lowest BCUT2D eigenvalue weighted by Crippen LogP contribution is -2.52. The van der Waals surface area contributed by atoms with Gasteiger partial charge < -0.3 is 0 Å². The minimum atomic E-state index is -0.747. The Kier molecular flexibility index (Phi) is 1.58. The molecule has 0 aliphatic carbocycles. The van der Waals surface area contributed by atoms with E-state index in [1.54, 1.807) is 6.92 Å². The Hall–Kier alpha value is -1.10. The largest absolute Gasteiger partial charge is 0.347 e. The van der Waals surface area contributed by atoms with Crippen LogP contribution in [-0.4, -0.2) is 28.8 Å². The molecule has 56 valence electrons. The zero-order chi connectivity index (χ0) is 7.72. The molecule has 0 saturated carbocycles. The molecule has 1 unspecified atom stereocenters. The molecule has 0 spiro atoms. The fraction of sp³-hybridized carbons (Fsp3) is 0.600. The van der Waals surface area contributed by atoms with Crippen LogP contribution in [0.15, 0.2) is 0 Å². The second-order valence-electron chi connectivity index (χ2n) is 2.28. The van der Waals surface area contributed by atoms with Gasteiger partial charge in [0.2, 0.25) is 5.91 Å². The quantitative estimate of drug-likeness (QED) is 0.453. The topological polar surface area (TPSA) is 69.6 Å². The number of nitrogens with zero attached hydrogens (tertiary/aromatic N) is 1. The summed E-state index contributed by atoms with van der Waals surface area (Å²) in [6.45, 7) is 1.70. The number of carbonyl (C=O) groups excluding carboxylic acids is 2. The first-order valence-electron chi connectivity index (χ1n) is 2.92. The van der Waals surface area contributed by atoms with Crippen LogP contribution in [-0.2, 0) is 4.79 Å². The number of rotatable bonds is 0. The molecule has 1 heterocycles. The van der Waals surface area contributed by atoms with Crippen molar-refractivity contribution in [2.75, 3.05) is 6.54 Å². The molecule has 1 aliphatic rings. The minimum Gasteiger partial charge on any atom is -0.284 e. The monoisotopic (exact) mass is 144 g/mol. The average molecular weight is 144 g/mol.